The van der Waals surface area contributed by atoms with E-state index in [-0.39, 0.29) is 17.3 Å². The number of nitrogens with zero attached hydrogens (tertiary/aromatic N) is 3. The van der Waals surface area contributed by atoms with E-state index >= 15 is 0 Å². The Hall–Kier alpha value is -3.28. The van der Waals surface area contributed by atoms with Gasteiger partial charge in [0.05, 0.1) is 18.2 Å². The van der Waals surface area contributed by atoms with Crippen molar-refractivity contribution in [2.75, 3.05) is 5.32 Å². The maximum Gasteiger partial charge on any atom is 0.285 e. The van der Waals surface area contributed by atoms with Crippen molar-refractivity contribution in [2.45, 2.75) is 50.5 Å². The Bertz CT molecular complexity index is 1210. The third-order valence-electron chi connectivity index (χ3n) is 6.17. The normalized spacial score (nSPS) is 23.4. The number of nitrogens with one attached hydrogen (secondary N) is 3. The molecule has 1 amide bonds. The molecular weight excluding hydrogens is 471 g/mol. The first kappa shape index (κ1) is 23.5. The van der Waals surface area contributed by atoms with Gasteiger partial charge in [-0.15, -0.1) is 0 Å². The molecule has 1 atom stereocenters. The quantitative estimate of drug-likeness (QED) is 0.360. The first-order valence-corrected chi connectivity index (χ1v) is 12.2. The SMILES string of the molecule is O=C1NC(O)/C(=C/c2ccnc(NC3CCC(NCc4c(-c5ccoc5)ccnc4F)CC3)n2)S1. The number of aliphatic hydroxyl groups excluding tert-OH is 1. The second kappa shape index (κ2) is 10.5. The van der Waals surface area contributed by atoms with E-state index in [4.69, 9.17) is 4.42 Å². The summed E-state index contributed by atoms with van der Waals surface area (Å²) in [6.07, 6.45) is 10.7. The van der Waals surface area contributed by atoms with E-state index in [1.807, 2.05) is 6.07 Å². The molecule has 4 heterocycles. The van der Waals surface area contributed by atoms with Crippen LogP contribution in [0.1, 0.15) is 36.9 Å². The van der Waals surface area contributed by atoms with Crippen molar-refractivity contribution in [3.8, 4) is 11.1 Å². The number of hydrogen-bond acceptors (Lipinski definition) is 9. The Labute approximate surface area is 205 Å². The van der Waals surface area contributed by atoms with Gasteiger partial charge in [0.15, 0.2) is 6.23 Å². The zero-order valence-corrected chi connectivity index (χ0v) is 19.6. The summed E-state index contributed by atoms with van der Waals surface area (Å²) in [6, 6.07) is 5.84. The van der Waals surface area contributed by atoms with Crippen molar-refractivity contribution in [3.05, 3.63) is 65.2 Å². The van der Waals surface area contributed by atoms with E-state index in [1.165, 1.54) is 6.20 Å². The molecule has 1 saturated carbocycles. The zero-order chi connectivity index (χ0) is 24.2. The van der Waals surface area contributed by atoms with Crippen LogP contribution < -0.4 is 16.0 Å². The summed E-state index contributed by atoms with van der Waals surface area (Å²) in [5.74, 6) is 0.0388. The van der Waals surface area contributed by atoms with Crippen LogP contribution in [-0.4, -0.2) is 43.6 Å². The fourth-order valence-electron chi connectivity index (χ4n) is 4.35. The van der Waals surface area contributed by atoms with Crippen LogP contribution in [0, 0.1) is 5.95 Å². The molecule has 0 aromatic carbocycles. The summed E-state index contributed by atoms with van der Waals surface area (Å²) < 4.78 is 19.6. The zero-order valence-electron chi connectivity index (χ0n) is 18.8. The molecule has 1 aliphatic heterocycles. The van der Waals surface area contributed by atoms with E-state index < -0.39 is 12.2 Å². The molecule has 0 bridgehead atoms. The Kier molecular flexibility index (Phi) is 7.07. The number of carbonyl (C=O) groups excluding carboxylic acids is 1. The maximum absolute atomic E-state index is 14.5. The summed E-state index contributed by atoms with van der Waals surface area (Å²) >= 11 is 0.955. The van der Waals surface area contributed by atoms with Gasteiger partial charge in [-0.1, -0.05) is 0 Å². The predicted octanol–water partition coefficient (Wildman–Crippen LogP) is 3.90. The first-order chi connectivity index (χ1) is 17.0. The average Bonchev–Trinajstić information content (AvgIpc) is 3.49. The molecule has 35 heavy (non-hydrogen) atoms. The van der Waals surface area contributed by atoms with Gasteiger partial charge in [0.2, 0.25) is 11.9 Å². The van der Waals surface area contributed by atoms with Crippen molar-refractivity contribution in [2.24, 2.45) is 0 Å². The third-order valence-corrected chi connectivity index (χ3v) is 7.05. The smallest absolute Gasteiger partial charge is 0.285 e. The Morgan fingerprint density at radius 2 is 1.97 bits per heavy atom. The van der Waals surface area contributed by atoms with E-state index in [9.17, 15) is 14.3 Å². The van der Waals surface area contributed by atoms with Gasteiger partial charge in [0, 0.05) is 47.1 Å². The van der Waals surface area contributed by atoms with Crippen molar-refractivity contribution in [1.82, 2.24) is 25.6 Å². The second-order valence-electron chi connectivity index (χ2n) is 8.50. The Morgan fingerprint density at radius 3 is 2.71 bits per heavy atom. The van der Waals surface area contributed by atoms with Crippen molar-refractivity contribution < 1.29 is 18.7 Å². The van der Waals surface area contributed by atoms with Crippen LogP contribution in [0.4, 0.5) is 15.1 Å². The van der Waals surface area contributed by atoms with Crippen LogP contribution >= 0.6 is 11.8 Å². The summed E-state index contributed by atoms with van der Waals surface area (Å²) in [5.41, 5.74) is 2.77. The van der Waals surface area contributed by atoms with Crippen LogP contribution in [0.25, 0.3) is 17.2 Å². The molecule has 11 heteroatoms. The van der Waals surface area contributed by atoms with E-state index in [0.29, 0.717) is 28.7 Å². The molecule has 3 aromatic heterocycles. The van der Waals surface area contributed by atoms with Crippen molar-refractivity contribution in [1.29, 1.82) is 0 Å². The van der Waals surface area contributed by atoms with Gasteiger partial charge in [-0.3, -0.25) is 4.79 Å². The fraction of sp³-hybridized carbons (Fsp3) is 0.333. The number of carbonyl (C=O) groups is 1. The lowest BCUT2D eigenvalue weighted by molar-refractivity contribution is 0.192. The van der Waals surface area contributed by atoms with Crippen LogP contribution in [-0.2, 0) is 6.54 Å². The highest BCUT2D eigenvalue weighted by molar-refractivity contribution is 8.17. The lowest BCUT2D eigenvalue weighted by Crippen LogP contribution is -2.37. The number of halogens is 1. The van der Waals surface area contributed by atoms with E-state index in [0.717, 1.165) is 48.6 Å². The molecule has 1 aliphatic carbocycles. The van der Waals surface area contributed by atoms with E-state index in [1.54, 1.807) is 36.9 Å². The number of pyridine rings is 1. The molecule has 4 N–H and O–H groups in total. The van der Waals surface area contributed by atoms with Gasteiger partial charge >= 0.3 is 0 Å². The third kappa shape index (κ3) is 5.69. The molecule has 5 rings (SSSR count). The van der Waals surface area contributed by atoms with Gasteiger partial charge in [-0.25, -0.2) is 15.0 Å². The van der Waals surface area contributed by atoms with Crippen LogP contribution in [0.3, 0.4) is 0 Å². The Balaban J connectivity index is 1.15. The molecule has 9 nitrogen and oxygen atoms in total. The number of thioether (sulfide) groups is 1. The fourth-order valence-corrected chi connectivity index (χ4v) is 5.08. The maximum atomic E-state index is 14.5. The average molecular weight is 497 g/mol. The lowest BCUT2D eigenvalue weighted by atomic mass is 9.91. The molecule has 2 aliphatic rings. The second-order valence-corrected chi connectivity index (χ2v) is 9.55. The predicted molar refractivity (Wildman–Crippen MR) is 131 cm³/mol. The summed E-state index contributed by atoms with van der Waals surface area (Å²) in [4.78, 5) is 24.5. The van der Waals surface area contributed by atoms with Crippen LogP contribution in [0.2, 0.25) is 0 Å². The van der Waals surface area contributed by atoms with E-state index in [2.05, 4.69) is 30.9 Å². The van der Waals surface area contributed by atoms with Gasteiger partial charge in [0.1, 0.15) is 0 Å². The highest BCUT2D eigenvalue weighted by Gasteiger charge is 2.26. The standard InChI is InChI=1S/C24H25FN6O3S/c25-21-19(18(6-9-26-21)14-7-10-34-13-14)12-28-15-1-3-16(4-2-15)29-23-27-8-5-17(30-23)11-20-22(32)31-24(33)35-20/h5-11,13,15-16,22,28,32H,1-4,12H2,(H,31,33)(H,27,29,30)/b20-11-. The van der Waals surface area contributed by atoms with Crippen LogP contribution in [0.5, 0.6) is 0 Å². The minimum atomic E-state index is -1.00. The molecule has 2 fully saturated rings. The number of amides is 1. The summed E-state index contributed by atoms with van der Waals surface area (Å²) in [7, 11) is 0. The van der Waals surface area contributed by atoms with Gasteiger partial charge in [-0.05, 0) is 67.3 Å². The monoisotopic (exact) mass is 496 g/mol. The number of aliphatic hydroxyl groups is 1. The number of anilines is 1. The van der Waals surface area contributed by atoms with Crippen molar-refractivity contribution >= 4 is 29.0 Å². The first-order valence-electron chi connectivity index (χ1n) is 11.4. The number of aromatic nitrogens is 3. The summed E-state index contributed by atoms with van der Waals surface area (Å²) in [6.45, 7) is 0.393. The largest absolute Gasteiger partial charge is 0.472 e. The minimum absolute atomic E-state index is 0.224. The molecule has 1 saturated heterocycles. The van der Waals surface area contributed by atoms with Crippen LogP contribution in [0.15, 0.2) is 52.4 Å². The van der Waals surface area contributed by atoms with Gasteiger partial charge < -0.3 is 25.5 Å². The summed E-state index contributed by atoms with van der Waals surface area (Å²) in [5, 5.41) is 18.9. The molecular formula is C24H25FN6O3S. The Morgan fingerprint density at radius 1 is 1.17 bits per heavy atom. The van der Waals surface area contributed by atoms with Crippen molar-refractivity contribution in [3.63, 3.8) is 0 Å². The topological polar surface area (TPSA) is 125 Å². The highest BCUT2D eigenvalue weighted by Crippen LogP contribution is 2.29. The van der Waals surface area contributed by atoms with Gasteiger partial charge in [0.25, 0.3) is 5.24 Å². The highest BCUT2D eigenvalue weighted by atomic mass is 32.2. The molecule has 1 unspecified atom stereocenters. The molecule has 182 valence electrons. The van der Waals surface area contributed by atoms with Gasteiger partial charge in [-0.2, -0.15) is 4.39 Å². The minimum Gasteiger partial charge on any atom is -0.472 e. The number of rotatable bonds is 7. The molecule has 3 aromatic rings. The lowest BCUT2D eigenvalue weighted by Gasteiger charge is -2.30. The molecule has 0 spiro atoms. The number of hydrogen-bond donors (Lipinski definition) is 4. The molecule has 0 radical (unpaired) electrons. The number of furan rings is 1.